The molecule has 0 radical (unpaired) electrons. The van der Waals surface area contributed by atoms with E-state index in [0.29, 0.717) is 27.7 Å². The van der Waals surface area contributed by atoms with Gasteiger partial charge in [-0.2, -0.15) is 4.80 Å². The summed E-state index contributed by atoms with van der Waals surface area (Å²) in [4.78, 5) is 11.7. The van der Waals surface area contributed by atoms with Crippen molar-refractivity contribution >= 4 is 40.7 Å². The number of halogens is 2. The van der Waals surface area contributed by atoms with E-state index in [0.717, 1.165) is 5.52 Å². The fourth-order valence-corrected chi connectivity index (χ4v) is 2.15. The largest absolute Gasteiger partial charge is 0.427 e. The fraction of sp³-hybridized carbons (Fsp3) is 0. The summed E-state index contributed by atoms with van der Waals surface area (Å²) in [6.07, 6.45) is 0. The molecule has 0 saturated heterocycles. The van der Waals surface area contributed by atoms with Crippen molar-refractivity contribution in [2.24, 2.45) is 0 Å². The first-order valence-electron chi connectivity index (χ1n) is 5.60. The van der Waals surface area contributed by atoms with Gasteiger partial charge in [-0.1, -0.05) is 23.2 Å². The number of benzene rings is 2. The van der Waals surface area contributed by atoms with E-state index >= 15 is 0 Å². The number of aromatic nitrogens is 3. The molecule has 0 amide bonds. The Balaban J connectivity index is 2.06. The van der Waals surface area contributed by atoms with Crippen LogP contribution in [0.5, 0.6) is 5.75 Å². The van der Waals surface area contributed by atoms with Crippen molar-refractivity contribution in [1.29, 1.82) is 0 Å². The maximum absolute atomic E-state index is 10.3. The van der Waals surface area contributed by atoms with Crippen LogP contribution in [0.3, 0.4) is 0 Å². The summed E-state index contributed by atoms with van der Waals surface area (Å²) in [5, 5.41) is 9.53. The minimum Gasteiger partial charge on any atom is -0.427 e. The minimum atomic E-state index is 0.283. The van der Waals surface area contributed by atoms with Crippen LogP contribution in [-0.2, 0) is 4.79 Å². The fourth-order valence-electron chi connectivity index (χ4n) is 1.76. The summed E-state index contributed by atoms with van der Waals surface area (Å²) < 4.78 is 4.72. The molecule has 3 aromatic rings. The Morgan fingerprint density at radius 3 is 2.60 bits per heavy atom. The molecule has 1 heterocycles. The maximum Gasteiger partial charge on any atom is 0.298 e. The van der Waals surface area contributed by atoms with E-state index in [1.54, 1.807) is 36.4 Å². The van der Waals surface area contributed by atoms with E-state index in [9.17, 15) is 4.79 Å². The third kappa shape index (κ3) is 2.33. The molecule has 0 fully saturated rings. The molecule has 0 saturated carbocycles. The van der Waals surface area contributed by atoms with Gasteiger partial charge in [-0.25, -0.2) is 0 Å². The molecule has 0 aliphatic rings. The van der Waals surface area contributed by atoms with Crippen molar-refractivity contribution in [3.05, 3.63) is 46.4 Å². The van der Waals surface area contributed by atoms with Gasteiger partial charge >= 0.3 is 0 Å². The highest BCUT2D eigenvalue weighted by Crippen LogP contribution is 2.26. The zero-order valence-corrected chi connectivity index (χ0v) is 11.5. The second-order valence-electron chi connectivity index (χ2n) is 3.95. The first kappa shape index (κ1) is 12.9. The van der Waals surface area contributed by atoms with Gasteiger partial charge in [0.05, 0.1) is 10.7 Å². The summed E-state index contributed by atoms with van der Waals surface area (Å²) in [5.41, 5.74) is 2.06. The topological polar surface area (TPSA) is 57.0 Å². The first-order valence-corrected chi connectivity index (χ1v) is 6.36. The number of nitrogens with zero attached hydrogens (tertiary/aromatic N) is 3. The van der Waals surface area contributed by atoms with Gasteiger partial charge in [0.2, 0.25) is 0 Å². The number of hydrogen-bond donors (Lipinski definition) is 0. The van der Waals surface area contributed by atoms with Crippen LogP contribution in [-0.4, -0.2) is 21.5 Å². The molecule has 100 valence electrons. The lowest BCUT2D eigenvalue weighted by Gasteiger charge is -2.03. The molecule has 3 rings (SSSR count). The maximum atomic E-state index is 10.3. The molecular weight excluding hydrogens is 301 g/mol. The van der Waals surface area contributed by atoms with Crippen LogP contribution in [0.15, 0.2) is 36.4 Å². The predicted molar refractivity (Wildman–Crippen MR) is 75.6 cm³/mol. The highest BCUT2D eigenvalue weighted by atomic mass is 35.5. The molecule has 0 N–H and O–H groups in total. The Hall–Kier alpha value is -2.11. The molecule has 0 spiro atoms. The molecular formula is C13H7Cl2N3O2. The first-order chi connectivity index (χ1) is 9.67. The average molecular weight is 308 g/mol. The Morgan fingerprint density at radius 2 is 1.85 bits per heavy atom. The molecule has 20 heavy (non-hydrogen) atoms. The van der Waals surface area contributed by atoms with Crippen LogP contribution in [0.2, 0.25) is 10.0 Å². The highest BCUT2D eigenvalue weighted by molar-refractivity contribution is 6.32. The van der Waals surface area contributed by atoms with Crippen LogP contribution in [0.25, 0.3) is 16.7 Å². The highest BCUT2D eigenvalue weighted by Gasteiger charge is 2.08. The third-order valence-corrected chi connectivity index (χ3v) is 3.19. The number of rotatable bonds is 3. The van der Waals surface area contributed by atoms with Crippen molar-refractivity contribution in [3.8, 4) is 11.4 Å². The van der Waals surface area contributed by atoms with E-state index < -0.39 is 0 Å². The van der Waals surface area contributed by atoms with Crippen molar-refractivity contribution in [3.63, 3.8) is 0 Å². The van der Waals surface area contributed by atoms with Gasteiger partial charge in [-0.3, -0.25) is 4.79 Å². The second kappa shape index (κ2) is 5.11. The summed E-state index contributed by atoms with van der Waals surface area (Å²) >= 11 is 11.9. The van der Waals surface area contributed by atoms with E-state index in [2.05, 4.69) is 10.2 Å². The number of carbonyl (C=O) groups excluding carboxylic acids is 1. The third-order valence-electron chi connectivity index (χ3n) is 2.66. The average Bonchev–Trinajstić information content (AvgIpc) is 2.84. The van der Waals surface area contributed by atoms with Crippen LogP contribution >= 0.6 is 23.2 Å². The quantitative estimate of drug-likeness (QED) is 0.697. The molecule has 2 aromatic carbocycles. The van der Waals surface area contributed by atoms with Gasteiger partial charge in [0.15, 0.2) is 0 Å². The van der Waals surface area contributed by atoms with Crippen molar-refractivity contribution in [2.45, 2.75) is 0 Å². The summed E-state index contributed by atoms with van der Waals surface area (Å²) in [7, 11) is 0. The number of fused-ring (bicyclic) bond motifs is 1. The van der Waals surface area contributed by atoms with E-state index in [1.165, 1.54) is 4.80 Å². The van der Waals surface area contributed by atoms with Crippen LogP contribution in [0, 0.1) is 0 Å². The van der Waals surface area contributed by atoms with Crippen molar-refractivity contribution < 1.29 is 9.53 Å². The molecule has 5 nitrogen and oxygen atoms in total. The zero-order valence-electron chi connectivity index (χ0n) is 9.96. The molecule has 1 aromatic heterocycles. The lowest BCUT2D eigenvalue weighted by molar-refractivity contribution is -0.120. The van der Waals surface area contributed by atoms with E-state index in [-0.39, 0.29) is 5.75 Å². The number of ether oxygens (including phenoxy) is 1. The summed E-state index contributed by atoms with van der Waals surface area (Å²) in [6, 6.07) is 10.1. The van der Waals surface area contributed by atoms with Gasteiger partial charge in [-0.15, -0.1) is 10.2 Å². The summed E-state index contributed by atoms with van der Waals surface area (Å²) in [5.74, 6) is 0.283. The SMILES string of the molecule is O=COc1ccc(-n2nc3ccc(Cl)cc3n2)cc1Cl. The summed E-state index contributed by atoms with van der Waals surface area (Å²) in [6.45, 7) is 0.323. The Kier molecular flexibility index (Phi) is 3.30. The van der Waals surface area contributed by atoms with Gasteiger partial charge in [-0.05, 0) is 36.4 Å². The van der Waals surface area contributed by atoms with Gasteiger partial charge in [0.1, 0.15) is 16.8 Å². The smallest absolute Gasteiger partial charge is 0.298 e. The Bertz CT molecular complexity index is 801. The Labute approximate surface area is 123 Å². The molecule has 0 atom stereocenters. The van der Waals surface area contributed by atoms with Gasteiger partial charge < -0.3 is 4.74 Å². The zero-order chi connectivity index (χ0) is 14.1. The molecule has 7 heteroatoms. The number of carbonyl (C=O) groups is 1. The van der Waals surface area contributed by atoms with E-state index in [1.807, 2.05) is 0 Å². The van der Waals surface area contributed by atoms with Crippen LogP contribution in [0.1, 0.15) is 0 Å². The van der Waals surface area contributed by atoms with E-state index in [4.69, 9.17) is 27.9 Å². The van der Waals surface area contributed by atoms with Gasteiger partial charge in [0.25, 0.3) is 6.47 Å². The molecule has 0 aliphatic heterocycles. The predicted octanol–water partition coefficient (Wildman–Crippen LogP) is 3.26. The second-order valence-corrected chi connectivity index (χ2v) is 4.79. The molecule has 0 unspecified atom stereocenters. The van der Waals surface area contributed by atoms with Crippen molar-refractivity contribution in [2.75, 3.05) is 0 Å². The van der Waals surface area contributed by atoms with Crippen LogP contribution in [0.4, 0.5) is 0 Å². The lowest BCUT2D eigenvalue weighted by Crippen LogP contribution is -1.99. The minimum absolute atomic E-state index is 0.283. The standard InChI is InChI=1S/C13H7Cl2N3O2/c14-8-1-3-11-12(5-8)17-18(16-11)9-2-4-13(20-7-19)10(15)6-9/h1-7H. The monoisotopic (exact) mass is 307 g/mol. The molecule has 0 bridgehead atoms. The Morgan fingerprint density at radius 1 is 1.05 bits per heavy atom. The normalized spacial score (nSPS) is 10.7. The molecule has 0 aliphatic carbocycles. The van der Waals surface area contributed by atoms with Crippen molar-refractivity contribution in [1.82, 2.24) is 15.0 Å². The number of hydrogen-bond acceptors (Lipinski definition) is 4. The lowest BCUT2D eigenvalue weighted by atomic mass is 10.3. The van der Waals surface area contributed by atoms with Gasteiger partial charge in [0, 0.05) is 5.02 Å². The van der Waals surface area contributed by atoms with Crippen LogP contribution < -0.4 is 4.74 Å².